The van der Waals surface area contributed by atoms with Crippen LogP contribution < -0.4 is 5.32 Å². The molecule has 1 heterocycles. The molecule has 0 spiro atoms. The Balaban J connectivity index is 2.00. The van der Waals surface area contributed by atoms with E-state index in [4.69, 9.17) is 4.74 Å². The van der Waals surface area contributed by atoms with Gasteiger partial charge in [-0.3, -0.25) is 0 Å². The van der Waals surface area contributed by atoms with Gasteiger partial charge < -0.3 is 10.1 Å². The number of ether oxygens (including phenoxy) is 1. The maximum absolute atomic E-state index is 5.84. The Morgan fingerprint density at radius 3 is 2.55 bits per heavy atom. The third-order valence-corrected chi connectivity index (χ3v) is 4.39. The first kappa shape index (κ1) is 13.3. The zero-order chi connectivity index (χ0) is 14.0. The van der Waals surface area contributed by atoms with Crippen molar-refractivity contribution in [2.75, 3.05) is 14.2 Å². The van der Waals surface area contributed by atoms with Gasteiger partial charge in [0.05, 0.1) is 23.0 Å². The summed E-state index contributed by atoms with van der Waals surface area (Å²) in [5, 5.41) is 7.91. The van der Waals surface area contributed by atoms with Crippen molar-refractivity contribution in [1.82, 2.24) is 15.1 Å². The van der Waals surface area contributed by atoms with Gasteiger partial charge in [0.2, 0.25) is 0 Å². The second kappa shape index (κ2) is 5.38. The monoisotopic (exact) mass is 271 g/mol. The fraction of sp³-hybridized carbons (Fsp3) is 0.438. The van der Waals surface area contributed by atoms with E-state index in [1.165, 1.54) is 6.42 Å². The average molecular weight is 271 g/mol. The zero-order valence-electron chi connectivity index (χ0n) is 12.0. The molecule has 0 bridgehead atoms. The fourth-order valence-electron chi connectivity index (χ4n) is 3.13. The zero-order valence-corrected chi connectivity index (χ0v) is 12.0. The third-order valence-electron chi connectivity index (χ3n) is 4.39. The Morgan fingerprint density at radius 1 is 1.25 bits per heavy atom. The summed E-state index contributed by atoms with van der Waals surface area (Å²) in [5.74, 6) is 0. The van der Waals surface area contributed by atoms with Crippen LogP contribution in [-0.2, 0) is 4.74 Å². The molecular weight excluding hydrogens is 250 g/mol. The summed E-state index contributed by atoms with van der Waals surface area (Å²) in [6.07, 6.45) is 5.27. The minimum Gasteiger partial charge on any atom is -0.376 e. The maximum Gasteiger partial charge on any atom is 0.0887 e. The summed E-state index contributed by atoms with van der Waals surface area (Å²) in [7, 11) is 3.80. The van der Waals surface area contributed by atoms with Gasteiger partial charge in [-0.15, -0.1) is 0 Å². The smallest absolute Gasteiger partial charge is 0.0887 e. The Kier molecular flexibility index (Phi) is 3.59. The highest BCUT2D eigenvalue weighted by Gasteiger charge is 2.45. The second-order valence-electron chi connectivity index (χ2n) is 5.35. The van der Waals surface area contributed by atoms with Gasteiger partial charge in [0.25, 0.3) is 0 Å². The first-order valence-electron chi connectivity index (χ1n) is 7.12. The van der Waals surface area contributed by atoms with Gasteiger partial charge in [0.15, 0.2) is 0 Å². The molecule has 1 N–H and O–H groups in total. The summed E-state index contributed by atoms with van der Waals surface area (Å²) in [5.41, 5.74) is 2.14. The number of benzene rings is 1. The topological polar surface area (TPSA) is 39.1 Å². The summed E-state index contributed by atoms with van der Waals surface area (Å²) in [6.45, 7) is 0. The lowest BCUT2D eigenvalue weighted by Gasteiger charge is -2.46. The first-order valence-corrected chi connectivity index (χ1v) is 7.12. The molecule has 1 unspecified atom stereocenters. The molecule has 1 aromatic heterocycles. The number of hydrogen-bond acceptors (Lipinski definition) is 3. The van der Waals surface area contributed by atoms with Crippen LogP contribution in [0.1, 0.15) is 31.0 Å². The summed E-state index contributed by atoms with van der Waals surface area (Å²) in [4.78, 5) is 0. The van der Waals surface area contributed by atoms with Crippen LogP contribution in [0.2, 0.25) is 0 Å². The summed E-state index contributed by atoms with van der Waals surface area (Å²) >= 11 is 0. The van der Waals surface area contributed by atoms with Gasteiger partial charge in [0, 0.05) is 13.3 Å². The summed E-state index contributed by atoms with van der Waals surface area (Å²) in [6, 6.07) is 12.5. The van der Waals surface area contributed by atoms with E-state index in [2.05, 4.69) is 28.6 Å². The van der Waals surface area contributed by atoms with Crippen LogP contribution in [0, 0.1) is 0 Å². The van der Waals surface area contributed by atoms with Crippen LogP contribution in [0.4, 0.5) is 0 Å². The van der Waals surface area contributed by atoms with Crippen LogP contribution in [0.5, 0.6) is 0 Å². The van der Waals surface area contributed by atoms with Crippen LogP contribution in [-0.4, -0.2) is 29.5 Å². The van der Waals surface area contributed by atoms with Crippen molar-refractivity contribution < 1.29 is 4.74 Å². The Labute approximate surface area is 119 Å². The molecule has 106 valence electrons. The van der Waals surface area contributed by atoms with Crippen LogP contribution in [0.15, 0.2) is 42.6 Å². The lowest BCUT2D eigenvalue weighted by molar-refractivity contribution is -0.0996. The van der Waals surface area contributed by atoms with E-state index in [0.29, 0.717) is 0 Å². The fourth-order valence-corrected chi connectivity index (χ4v) is 3.13. The molecule has 2 aromatic rings. The number of para-hydroxylation sites is 1. The largest absolute Gasteiger partial charge is 0.376 e. The predicted octanol–water partition coefficient (Wildman–Crippen LogP) is 2.70. The van der Waals surface area contributed by atoms with Crippen molar-refractivity contribution in [3.05, 3.63) is 48.3 Å². The number of rotatable bonds is 5. The quantitative estimate of drug-likeness (QED) is 0.908. The number of aromatic nitrogens is 2. The lowest BCUT2D eigenvalue weighted by atomic mass is 9.73. The molecule has 0 amide bonds. The maximum atomic E-state index is 5.84. The molecule has 1 aliphatic carbocycles. The van der Waals surface area contributed by atoms with Crippen molar-refractivity contribution in [2.45, 2.75) is 30.9 Å². The number of hydrogen-bond donors (Lipinski definition) is 1. The minimum atomic E-state index is -0.0959. The Bertz CT molecular complexity index is 555. The molecule has 0 radical (unpaired) electrons. The molecule has 0 saturated heterocycles. The first-order chi connectivity index (χ1) is 9.80. The Morgan fingerprint density at radius 2 is 2.00 bits per heavy atom. The van der Waals surface area contributed by atoms with E-state index in [1.54, 1.807) is 0 Å². The van der Waals surface area contributed by atoms with Crippen molar-refractivity contribution >= 4 is 0 Å². The van der Waals surface area contributed by atoms with E-state index < -0.39 is 0 Å². The minimum absolute atomic E-state index is 0.0959. The van der Waals surface area contributed by atoms with E-state index >= 15 is 0 Å². The van der Waals surface area contributed by atoms with Gasteiger partial charge in [0.1, 0.15) is 0 Å². The van der Waals surface area contributed by atoms with Crippen molar-refractivity contribution in [3.63, 3.8) is 0 Å². The molecule has 4 nitrogen and oxygen atoms in total. The Hall–Kier alpha value is -1.65. The second-order valence-corrected chi connectivity index (χ2v) is 5.35. The third kappa shape index (κ3) is 2.05. The highest BCUT2D eigenvalue weighted by molar-refractivity contribution is 5.34. The normalized spacial score (nSPS) is 18.5. The highest BCUT2D eigenvalue weighted by Crippen LogP contribution is 2.44. The lowest BCUT2D eigenvalue weighted by Crippen LogP contribution is -2.50. The van der Waals surface area contributed by atoms with Crippen LogP contribution in [0.3, 0.4) is 0 Å². The average Bonchev–Trinajstić information content (AvgIpc) is 2.92. The van der Waals surface area contributed by atoms with Gasteiger partial charge in [-0.05, 0) is 44.5 Å². The predicted molar refractivity (Wildman–Crippen MR) is 79.0 cm³/mol. The number of likely N-dealkylation sites (N-methyl/N-ethyl adjacent to an activating group) is 1. The number of methoxy groups -OCH3 is 1. The van der Waals surface area contributed by atoms with Gasteiger partial charge in [-0.1, -0.05) is 18.2 Å². The number of nitrogens with one attached hydrogen (secondary N) is 1. The van der Waals surface area contributed by atoms with Gasteiger partial charge in [-0.25, -0.2) is 4.68 Å². The molecule has 1 atom stereocenters. The molecule has 4 heteroatoms. The van der Waals surface area contributed by atoms with E-state index in [-0.39, 0.29) is 11.6 Å². The molecule has 1 aliphatic rings. The number of nitrogens with zero attached hydrogens (tertiary/aromatic N) is 2. The molecule has 20 heavy (non-hydrogen) atoms. The van der Waals surface area contributed by atoms with Gasteiger partial charge >= 0.3 is 0 Å². The van der Waals surface area contributed by atoms with E-state index in [0.717, 1.165) is 24.2 Å². The van der Waals surface area contributed by atoms with Gasteiger partial charge in [-0.2, -0.15) is 5.10 Å². The summed E-state index contributed by atoms with van der Waals surface area (Å²) < 4.78 is 7.84. The van der Waals surface area contributed by atoms with Crippen molar-refractivity contribution in [3.8, 4) is 5.69 Å². The molecular formula is C16H21N3O. The van der Waals surface area contributed by atoms with Crippen molar-refractivity contribution in [1.29, 1.82) is 0 Å². The molecule has 3 rings (SSSR count). The molecule has 1 aromatic carbocycles. The SMILES string of the molecule is CNC(c1ccnn1-c1ccccc1)C1(OC)CCC1. The highest BCUT2D eigenvalue weighted by atomic mass is 16.5. The molecule has 0 aliphatic heterocycles. The molecule has 1 saturated carbocycles. The molecule has 1 fully saturated rings. The van der Waals surface area contributed by atoms with Crippen LogP contribution in [0.25, 0.3) is 5.69 Å². The standard InChI is InChI=1S/C16H21N3O/c1-17-15(16(20-2)10-6-11-16)14-9-12-18-19(14)13-7-4-3-5-8-13/h3-5,7-9,12,15,17H,6,10-11H2,1-2H3. The van der Waals surface area contributed by atoms with E-state index in [9.17, 15) is 0 Å². The van der Waals surface area contributed by atoms with Crippen LogP contribution >= 0.6 is 0 Å². The van der Waals surface area contributed by atoms with E-state index in [1.807, 2.05) is 43.2 Å². The van der Waals surface area contributed by atoms with Crippen molar-refractivity contribution in [2.24, 2.45) is 0 Å².